The van der Waals surface area contributed by atoms with Crippen molar-refractivity contribution in [3.05, 3.63) is 30.3 Å². The molecule has 1 saturated carbocycles. The molecule has 1 nitrogen and oxygen atoms in total. The SMILES string of the molecule is C#[S-](c1ccccc1)[C@@H]1CC[C@@H](C)[C@H](O)C1. The number of aliphatic hydroxyl groups is 1. The number of benzene rings is 1. The molecule has 0 spiro atoms. The third-order valence-electron chi connectivity index (χ3n) is 3.48. The van der Waals surface area contributed by atoms with Gasteiger partial charge in [0.2, 0.25) is 0 Å². The zero-order valence-corrected chi connectivity index (χ0v) is 10.5. The number of hydrogen-bond donors (Lipinski definition) is 1. The van der Waals surface area contributed by atoms with Crippen molar-refractivity contribution in [1.82, 2.24) is 0 Å². The van der Waals surface area contributed by atoms with Gasteiger partial charge >= 0.3 is 0 Å². The second-order valence-electron chi connectivity index (χ2n) is 4.66. The lowest BCUT2D eigenvalue weighted by atomic mass is 9.88. The van der Waals surface area contributed by atoms with E-state index in [1.165, 1.54) is 4.90 Å². The zero-order chi connectivity index (χ0) is 11.5. The van der Waals surface area contributed by atoms with Crippen LogP contribution in [0.15, 0.2) is 35.2 Å². The van der Waals surface area contributed by atoms with Crippen molar-refractivity contribution in [2.75, 3.05) is 0 Å². The van der Waals surface area contributed by atoms with Gasteiger partial charge < -0.3 is 21.1 Å². The van der Waals surface area contributed by atoms with Crippen LogP contribution in [0.25, 0.3) is 0 Å². The molecule has 88 valence electrons. The summed E-state index contributed by atoms with van der Waals surface area (Å²) in [5, 5.41) is 10.3. The summed E-state index contributed by atoms with van der Waals surface area (Å²) in [4.78, 5) is 1.22. The number of hydrogen-bond acceptors (Lipinski definition) is 2. The van der Waals surface area contributed by atoms with Crippen LogP contribution in [0.4, 0.5) is 0 Å². The first-order valence-electron chi connectivity index (χ1n) is 5.89. The molecule has 16 heavy (non-hydrogen) atoms. The normalized spacial score (nSPS) is 30.5. The Kier molecular flexibility index (Phi) is 3.75. The molecular formula is C14H19OS-. The molecule has 2 heteroatoms. The first kappa shape index (κ1) is 11.8. The van der Waals surface area contributed by atoms with E-state index in [4.69, 9.17) is 5.69 Å². The third kappa shape index (κ3) is 2.52. The summed E-state index contributed by atoms with van der Waals surface area (Å²) in [6, 6.07) is 10.3. The molecule has 0 aliphatic heterocycles. The van der Waals surface area contributed by atoms with Gasteiger partial charge in [0, 0.05) is 0 Å². The predicted molar refractivity (Wildman–Crippen MR) is 69.8 cm³/mol. The largest absolute Gasteiger partial charge is 0.427 e. The van der Waals surface area contributed by atoms with Crippen molar-refractivity contribution in [2.24, 2.45) is 5.92 Å². The summed E-state index contributed by atoms with van der Waals surface area (Å²) in [7, 11) is -0.215. The van der Waals surface area contributed by atoms with E-state index >= 15 is 0 Å². The Balaban J connectivity index is 2.08. The molecule has 1 aliphatic rings. The van der Waals surface area contributed by atoms with Crippen LogP contribution in [-0.4, -0.2) is 16.5 Å². The Morgan fingerprint density at radius 3 is 2.56 bits per heavy atom. The van der Waals surface area contributed by atoms with Gasteiger partial charge in [0.15, 0.2) is 0 Å². The quantitative estimate of drug-likeness (QED) is 0.686. The van der Waals surface area contributed by atoms with Gasteiger partial charge in [-0.15, -0.1) is 10.1 Å². The smallest absolute Gasteiger partial charge is 0.0551 e. The summed E-state index contributed by atoms with van der Waals surface area (Å²) in [6.45, 7) is 2.12. The van der Waals surface area contributed by atoms with Crippen LogP contribution in [0.5, 0.6) is 0 Å². The Bertz CT molecular complexity index is 404. The number of aliphatic hydroxyl groups excluding tert-OH is 1. The van der Waals surface area contributed by atoms with E-state index in [9.17, 15) is 5.11 Å². The van der Waals surface area contributed by atoms with Crippen LogP contribution in [0.2, 0.25) is 0 Å². The van der Waals surface area contributed by atoms with Crippen molar-refractivity contribution < 1.29 is 5.11 Å². The molecule has 0 aromatic heterocycles. The van der Waals surface area contributed by atoms with Crippen molar-refractivity contribution in [3.8, 4) is 5.69 Å². The molecule has 1 aromatic rings. The summed E-state index contributed by atoms with van der Waals surface area (Å²) >= 11 is 0. The van der Waals surface area contributed by atoms with Gasteiger partial charge in [0.1, 0.15) is 0 Å². The van der Waals surface area contributed by atoms with Gasteiger partial charge in [-0.05, 0) is 18.8 Å². The lowest BCUT2D eigenvalue weighted by Crippen LogP contribution is -2.32. The van der Waals surface area contributed by atoms with Crippen LogP contribution in [0.3, 0.4) is 0 Å². The Morgan fingerprint density at radius 1 is 1.25 bits per heavy atom. The lowest BCUT2D eigenvalue weighted by molar-refractivity contribution is 0.0818. The number of rotatable bonds is 0. The maximum Gasteiger partial charge on any atom is 0.0551 e. The Hall–Kier alpha value is -0.690. The maximum atomic E-state index is 9.89. The van der Waals surface area contributed by atoms with E-state index in [1.54, 1.807) is 0 Å². The van der Waals surface area contributed by atoms with Crippen LogP contribution < -0.4 is 0 Å². The molecule has 3 atom stereocenters. The summed E-state index contributed by atoms with van der Waals surface area (Å²) in [5.41, 5.74) is 6.29. The van der Waals surface area contributed by atoms with Crippen molar-refractivity contribution in [1.29, 1.82) is 0 Å². The second kappa shape index (κ2) is 5.09. The van der Waals surface area contributed by atoms with E-state index in [2.05, 4.69) is 19.1 Å². The van der Waals surface area contributed by atoms with Crippen LogP contribution in [0.1, 0.15) is 26.2 Å². The van der Waals surface area contributed by atoms with E-state index in [-0.39, 0.29) is 16.4 Å². The predicted octanol–water partition coefficient (Wildman–Crippen LogP) is 2.80. The van der Waals surface area contributed by atoms with Crippen molar-refractivity contribution in [2.45, 2.75) is 42.4 Å². The summed E-state index contributed by atoms with van der Waals surface area (Å²) < 4.78 is 0. The molecule has 0 saturated heterocycles. The average Bonchev–Trinajstić information content (AvgIpc) is 2.33. The van der Waals surface area contributed by atoms with E-state index < -0.39 is 0 Å². The lowest BCUT2D eigenvalue weighted by Gasteiger charge is -2.39. The molecule has 0 bridgehead atoms. The van der Waals surface area contributed by atoms with Gasteiger partial charge in [-0.3, -0.25) is 0 Å². The second-order valence-corrected chi connectivity index (χ2v) is 6.55. The molecule has 1 aromatic carbocycles. The fraction of sp³-hybridized carbons (Fsp3) is 0.500. The Morgan fingerprint density at radius 2 is 1.94 bits per heavy atom. The molecular weight excluding hydrogens is 216 g/mol. The maximum absolute atomic E-state index is 9.89. The minimum Gasteiger partial charge on any atom is -0.427 e. The van der Waals surface area contributed by atoms with Crippen molar-refractivity contribution >= 4 is 10.3 Å². The summed E-state index contributed by atoms with van der Waals surface area (Å²) in [6.07, 6.45) is 2.93. The molecule has 1 aliphatic carbocycles. The minimum atomic E-state index is -0.215. The topological polar surface area (TPSA) is 20.2 Å². The fourth-order valence-electron chi connectivity index (χ4n) is 2.26. The van der Waals surface area contributed by atoms with Crippen LogP contribution in [0, 0.1) is 11.6 Å². The highest BCUT2D eigenvalue weighted by atomic mass is 32.2. The molecule has 0 radical (unpaired) electrons. The van der Waals surface area contributed by atoms with Gasteiger partial charge in [-0.2, -0.15) is 0 Å². The molecule has 0 unspecified atom stereocenters. The zero-order valence-electron chi connectivity index (χ0n) is 9.67. The molecule has 1 fully saturated rings. The first-order chi connectivity index (χ1) is 7.68. The first-order valence-corrected chi connectivity index (χ1v) is 7.24. The molecule has 0 amide bonds. The molecule has 0 heterocycles. The van der Waals surface area contributed by atoms with Crippen molar-refractivity contribution in [3.63, 3.8) is 0 Å². The van der Waals surface area contributed by atoms with E-state index in [0.717, 1.165) is 19.3 Å². The molecule has 1 N–H and O–H groups in total. The fourth-order valence-corrected chi connectivity index (χ4v) is 3.91. The van der Waals surface area contributed by atoms with E-state index in [1.807, 2.05) is 18.2 Å². The standard InChI is InChI=1S/C14H19OS/c1-11-8-9-13(10-14(11)15)16(2)12-6-4-3-5-7-12/h2-7,11,13-15H,8-10H2,1H3/q-1/t11-,13-,14-/m1/s1. The van der Waals surface area contributed by atoms with Crippen LogP contribution in [-0.2, 0) is 10.3 Å². The highest BCUT2D eigenvalue weighted by Crippen LogP contribution is 2.29. The van der Waals surface area contributed by atoms with Gasteiger partial charge in [0.25, 0.3) is 0 Å². The Labute approximate surface area is 100 Å². The van der Waals surface area contributed by atoms with Gasteiger partial charge in [-0.1, -0.05) is 43.7 Å². The monoisotopic (exact) mass is 235 g/mol. The van der Waals surface area contributed by atoms with Crippen LogP contribution >= 0.6 is 0 Å². The third-order valence-corrected chi connectivity index (χ3v) is 5.44. The molecule has 2 rings (SSSR count). The highest BCUT2D eigenvalue weighted by Gasteiger charge is 2.22. The van der Waals surface area contributed by atoms with Gasteiger partial charge in [-0.25, -0.2) is 0 Å². The minimum absolute atomic E-state index is 0.166. The highest BCUT2D eigenvalue weighted by molar-refractivity contribution is 7.86. The van der Waals surface area contributed by atoms with Gasteiger partial charge in [0.05, 0.1) is 6.10 Å². The average molecular weight is 235 g/mol. The summed E-state index contributed by atoms with van der Waals surface area (Å²) in [5.74, 6) is 0.434. The van der Waals surface area contributed by atoms with E-state index in [0.29, 0.717) is 11.2 Å².